The number of aliphatic carboxylic acids is 1. The Balaban J connectivity index is 2.24. The Bertz CT molecular complexity index is 1040. The van der Waals surface area contributed by atoms with Gasteiger partial charge in [0.05, 0.1) is 12.7 Å². The van der Waals surface area contributed by atoms with Gasteiger partial charge in [0.2, 0.25) is 0 Å². The smallest absolute Gasteiger partial charge is 0.335 e. The molecule has 0 bridgehead atoms. The predicted octanol–water partition coefficient (Wildman–Crippen LogP) is 5.80. The van der Waals surface area contributed by atoms with E-state index < -0.39 is 5.97 Å². The molecule has 3 aromatic rings. The number of allylic oxidation sites excluding steroid dienone is 1. The summed E-state index contributed by atoms with van der Waals surface area (Å²) in [4.78, 5) is 12.0. The van der Waals surface area contributed by atoms with Gasteiger partial charge in [-0.05, 0) is 35.4 Å². The summed E-state index contributed by atoms with van der Waals surface area (Å²) in [6, 6.07) is 17.3. The zero-order valence-corrected chi connectivity index (χ0v) is 16.8. The van der Waals surface area contributed by atoms with E-state index >= 15 is 0 Å². The molecule has 3 rings (SSSR count). The van der Waals surface area contributed by atoms with Gasteiger partial charge in [-0.15, -0.1) is 0 Å². The highest BCUT2D eigenvalue weighted by Gasteiger charge is 2.20. The van der Waals surface area contributed by atoms with Crippen molar-refractivity contribution in [1.29, 1.82) is 0 Å². The normalized spacial score (nSPS) is 11.6. The number of carbonyl (C=O) groups is 1. The first kappa shape index (κ1) is 20.5. The monoisotopic (exact) mass is 390 g/mol. The van der Waals surface area contributed by atoms with Crippen LogP contribution in [0.2, 0.25) is 0 Å². The van der Waals surface area contributed by atoms with Crippen LogP contribution in [0, 0.1) is 0 Å². The van der Waals surface area contributed by atoms with E-state index in [1.165, 1.54) is 7.11 Å². The number of hydrogen-bond acceptors (Lipinski definition) is 3. The van der Waals surface area contributed by atoms with Crippen LogP contribution in [0.3, 0.4) is 0 Å². The van der Waals surface area contributed by atoms with Gasteiger partial charge in [0, 0.05) is 10.9 Å². The van der Waals surface area contributed by atoms with Crippen LogP contribution in [-0.4, -0.2) is 23.3 Å². The Hall–Kier alpha value is -3.27. The van der Waals surface area contributed by atoms with E-state index in [1.807, 2.05) is 48.5 Å². The number of phenols is 1. The third kappa shape index (κ3) is 4.43. The minimum Gasteiger partial charge on any atom is -0.504 e. The first-order valence-electron chi connectivity index (χ1n) is 9.86. The fourth-order valence-electron chi connectivity index (χ4n) is 3.61. The van der Waals surface area contributed by atoms with Crippen molar-refractivity contribution in [3.63, 3.8) is 0 Å². The highest BCUT2D eigenvalue weighted by Crippen LogP contribution is 2.41. The Labute approximate surface area is 171 Å². The average molecular weight is 390 g/mol. The molecule has 0 aliphatic rings. The van der Waals surface area contributed by atoms with Gasteiger partial charge in [-0.1, -0.05) is 74.4 Å². The molecule has 0 fully saturated rings. The summed E-state index contributed by atoms with van der Waals surface area (Å²) in [6.07, 6.45) is 4.99. The zero-order valence-electron chi connectivity index (χ0n) is 16.8. The third-order valence-corrected chi connectivity index (χ3v) is 5.07. The summed E-state index contributed by atoms with van der Waals surface area (Å²) in [7, 11) is 1.48. The quantitative estimate of drug-likeness (QED) is 0.377. The fraction of sp³-hybridized carbons (Fsp3) is 0.240. The van der Waals surface area contributed by atoms with Gasteiger partial charge >= 0.3 is 5.97 Å². The molecule has 0 saturated carbocycles. The number of hydrogen-bond donors (Lipinski definition) is 2. The lowest BCUT2D eigenvalue weighted by molar-refractivity contribution is -0.130. The Morgan fingerprint density at radius 3 is 2.52 bits per heavy atom. The Kier molecular flexibility index (Phi) is 6.55. The molecular weight excluding hydrogens is 364 g/mol. The molecule has 0 aromatic heterocycles. The highest BCUT2D eigenvalue weighted by molar-refractivity contribution is 6.20. The van der Waals surface area contributed by atoms with E-state index in [2.05, 4.69) is 6.92 Å². The van der Waals surface area contributed by atoms with E-state index in [4.69, 9.17) is 4.74 Å². The summed E-state index contributed by atoms with van der Waals surface area (Å²) in [6.45, 7) is 2.07. The van der Waals surface area contributed by atoms with Crippen molar-refractivity contribution in [1.82, 2.24) is 0 Å². The molecule has 0 unspecified atom stereocenters. The first-order valence-corrected chi connectivity index (χ1v) is 9.86. The van der Waals surface area contributed by atoms with E-state index in [-0.39, 0.29) is 17.1 Å². The standard InChI is InChI=1S/C25H26O4/c1-3-4-6-13-20(25(27)28)21-16-22(29-2)24(26)23-18(12-9-14-19(21)23)15-17-10-7-5-8-11-17/h5,7-14,16,26H,3-4,6,15H2,1-2H3,(H,27,28)/b20-13+. The number of ether oxygens (including phenoxy) is 1. The second kappa shape index (κ2) is 9.28. The van der Waals surface area contributed by atoms with Crippen molar-refractivity contribution in [3.8, 4) is 11.5 Å². The number of benzene rings is 3. The molecule has 4 nitrogen and oxygen atoms in total. The molecule has 0 amide bonds. The van der Waals surface area contributed by atoms with Crippen LogP contribution < -0.4 is 4.74 Å². The number of unbranched alkanes of at least 4 members (excludes halogenated alkanes) is 2. The van der Waals surface area contributed by atoms with E-state index in [9.17, 15) is 15.0 Å². The summed E-state index contributed by atoms with van der Waals surface area (Å²) < 4.78 is 5.38. The summed E-state index contributed by atoms with van der Waals surface area (Å²) in [5, 5.41) is 22.1. The van der Waals surface area contributed by atoms with Crippen LogP contribution in [0.4, 0.5) is 0 Å². The van der Waals surface area contributed by atoms with Gasteiger partial charge in [-0.3, -0.25) is 0 Å². The molecule has 29 heavy (non-hydrogen) atoms. The van der Waals surface area contributed by atoms with E-state index in [1.54, 1.807) is 12.1 Å². The van der Waals surface area contributed by atoms with Crippen LogP contribution in [0.15, 0.2) is 60.7 Å². The van der Waals surface area contributed by atoms with Gasteiger partial charge < -0.3 is 14.9 Å². The lowest BCUT2D eigenvalue weighted by atomic mass is 9.91. The van der Waals surface area contributed by atoms with Gasteiger partial charge in [0.15, 0.2) is 11.5 Å². The summed E-state index contributed by atoms with van der Waals surface area (Å²) >= 11 is 0. The van der Waals surface area contributed by atoms with Crippen LogP contribution in [-0.2, 0) is 11.2 Å². The molecule has 150 valence electrons. The highest BCUT2D eigenvalue weighted by atomic mass is 16.5. The zero-order chi connectivity index (χ0) is 20.8. The SMILES string of the molecule is CCCC/C=C(/C(=O)O)c1cc(OC)c(O)c2c(Cc3ccccc3)cccc12. The number of rotatable bonds is 8. The second-order valence-corrected chi connectivity index (χ2v) is 7.04. The molecule has 0 spiro atoms. The minimum absolute atomic E-state index is 0.0380. The first-order chi connectivity index (χ1) is 14.1. The number of aromatic hydroxyl groups is 1. The number of fused-ring (bicyclic) bond motifs is 1. The number of phenolic OH excluding ortho intramolecular Hbond substituents is 1. The number of methoxy groups -OCH3 is 1. The molecule has 4 heteroatoms. The number of carboxylic acids is 1. The topological polar surface area (TPSA) is 66.8 Å². The van der Waals surface area contributed by atoms with Crippen LogP contribution in [0.5, 0.6) is 11.5 Å². The Morgan fingerprint density at radius 2 is 1.86 bits per heavy atom. The van der Waals surface area contributed by atoms with Crippen LogP contribution in [0.25, 0.3) is 16.3 Å². The van der Waals surface area contributed by atoms with Crippen molar-refractivity contribution in [2.75, 3.05) is 7.11 Å². The lowest BCUT2D eigenvalue weighted by Gasteiger charge is -2.16. The molecule has 0 saturated heterocycles. The lowest BCUT2D eigenvalue weighted by Crippen LogP contribution is -2.03. The molecule has 0 aliphatic heterocycles. The molecule has 0 radical (unpaired) electrons. The number of carboxylic acid groups (broad SMARTS) is 1. The maximum Gasteiger partial charge on any atom is 0.335 e. The van der Waals surface area contributed by atoms with Gasteiger partial charge in [-0.25, -0.2) is 4.79 Å². The van der Waals surface area contributed by atoms with Crippen molar-refractivity contribution in [2.45, 2.75) is 32.6 Å². The molecule has 3 aromatic carbocycles. The van der Waals surface area contributed by atoms with Crippen molar-refractivity contribution >= 4 is 22.3 Å². The van der Waals surface area contributed by atoms with Crippen LogP contribution in [0.1, 0.15) is 42.9 Å². The Morgan fingerprint density at radius 1 is 1.10 bits per heavy atom. The van der Waals surface area contributed by atoms with Crippen molar-refractivity contribution in [2.24, 2.45) is 0 Å². The van der Waals surface area contributed by atoms with E-state index in [0.717, 1.165) is 24.0 Å². The summed E-state index contributed by atoms with van der Waals surface area (Å²) in [5.74, 6) is -0.671. The molecule has 0 atom stereocenters. The second-order valence-electron chi connectivity index (χ2n) is 7.04. The van der Waals surface area contributed by atoms with Gasteiger partial charge in [-0.2, -0.15) is 0 Å². The largest absolute Gasteiger partial charge is 0.504 e. The molecule has 0 heterocycles. The van der Waals surface area contributed by atoms with Crippen molar-refractivity contribution in [3.05, 3.63) is 77.4 Å². The minimum atomic E-state index is -0.983. The predicted molar refractivity (Wildman–Crippen MR) is 117 cm³/mol. The maximum absolute atomic E-state index is 12.0. The maximum atomic E-state index is 12.0. The average Bonchev–Trinajstić information content (AvgIpc) is 2.73. The van der Waals surface area contributed by atoms with Gasteiger partial charge in [0.1, 0.15) is 0 Å². The van der Waals surface area contributed by atoms with Crippen molar-refractivity contribution < 1.29 is 19.7 Å². The van der Waals surface area contributed by atoms with E-state index in [0.29, 0.717) is 29.2 Å². The molecule has 0 aliphatic carbocycles. The van der Waals surface area contributed by atoms with Crippen LogP contribution >= 0.6 is 0 Å². The molecule has 2 N–H and O–H groups in total. The molecular formula is C25H26O4. The fourth-order valence-corrected chi connectivity index (χ4v) is 3.61. The van der Waals surface area contributed by atoms with Gasteiger partial charge in [0.25, 0.3) is 0 Å². The summed E-state index contributed by atoms with van der Waals surface area (Å²) in [5.41, 5.74) is 2.83. The third-order valence-electron chi connectivity index (χ3n) is 5.07.